The number of hydrogen-bond acceptors (Lipinski definition) is 3. The van der Waals surface area contributed by atoms with Crippen molar-refractivity contribution in [3.8, 4) is 0 Å². The van der Waals surface area contributed by atoms with Crippen LogP contribution in [0, 0.1) is 11.3 Å². The summed E-state index contributed by atoms with van der Waals surface area (Å²) in [6.45, 7) is 4.72. The van der Waals surface area contributed by atoms with Gasteiger partial charge in [0.15, 0.2) is 5.78 Å². The van der Waals surface area contributed by atoms with Gasteiger partial charge < -0.3 is 10.1 Å². The first kappa shape index (κ1) is 18.1. The van der Waals surface area contributed by atoms with Gasteiger partial charge in [0.05, 0.1) is 6.10 Å². The number of ketones is 1. The molecule has 4 heteroatoms. The number of hydrogen-bond donors (Lipinski definition) is 1. The van der Waals surface area contributed by atoms with Crippen LogP contribution in [0.4, 0.5) is 0 Å². The molecule has 1 heterocycles. The fraction of sp³-hybridized carbons (Fsp3) is 0.619. The van der Waals surface area contributed by atoms with Crippen molar-refractivity contribution in [1.29, 1.82) is 0 Å². The summed E-state index contributed by atoms with van der Waals surface area (Å²) in [5, 5.41) is 3.17. The maximum absolute atomic E-state index is 12.5. The average Bonchev–Trinajstić information content (AvgIpc) is 3.39. The Kier molecular flexibility index (Phi) is 5.57. The van der Waals surface area contributed by atoms with Gasteiger partial charge in [-0.05, 0) is 37.0 Å². The van der Waals surface area contributed by atoms with E-state index in [-0.39, 0.29) is 23.1 Å². The van der Waals surface area contributed by atoms with Gasteiger partial charge in [-0.2, -0.15) is 0 Å². The number of carbonyl (C=O) groups excluding carboxylic acids is 2. The summed E-state index contributed by atoms with van der Waals surface area (Å²) in [7, 11) is 0. The standard InChI is InChI=1S/C21H29NO3/c1-21(2,13-18(23)15-6-4-3-5-7-15)14-20(24)22-17-10-11-25-19(12-17)16-8-9-16/h3-7,16-17,19H,8-14H2,1-2H3,(H,22,24)/t17-,19+/m0/s1. The molecule has 1 aromatic rings. The zero-order valence-electron chi connectivity index (χ0n) is 15.3. The van der Waals surface area contributed by atoms with Crippen LogP contribution in [-0.4, -0.2) is 30.4 Å². The first-order valence-corrected chi connectivity index (χ1v) is 9.42. The van der Waals surface area contributed by atoms with Crippen molar-refractivity contribution in [1.82, 2.24) is 5.32 Å². The van der Waals surface area contributed by atoms with E-state index in [0.717, 1.165) is 19.4 Å². The minimum Gasteiger partial charge on any atom is -0.378 e. The van der Waals surface area contributed by atoms with Crippen molar-refractivity contribution in [2.45, 2.75) is 64.5 Å². The molecular weight excluding hydrogens is 314 g/mol. The highest BCUT2D eigenvalue weighted by Gasteiger charge is 2.36. The van der Waals surface area contributed by atoms with Crippen LogP contribution in [0.5, 0.6) is 0 Å². The highest BCUT2D eigenvalue weighted by atomic mass is 16.5. The molecule has 25 heavy (non-hydrogen) atoms. The number of ether oxygens (including phenoxy) is 1. The Bertz CT molecular complexity index is 607. The van der Waals surface area contributed by atoms with Crippen LogP contribution in [0.2, 0.25) is 0 Å². The second-order valence-corrected chi connectivity index (χ2v) is 8.34. The summed E-state index contributed by atoms with van der Waals surface area (Å²) in [6, 6.07) is 9.52. The highest BCUT2D eigenvalue weighted by Crippen LogP contribution is 2.38. The summed E-state index contributed by atoms with van der Waals surface area (Å²) in [6.07, 6.45) is 5.42. The largest absolute Gasteiger partial charge is 0.378 e. The third-order valence-corrected chi connectivity index (χ3v) is 5.20. The summed E-state index contributed by atoms with van der Waals surface area (Å²) in [4.78, 5) is 24.9. The number of rotatable bonds is 7. The molecule has 1 amide bonds. The molecule has 4 nitrogen and oxygen atoms in total. The molecule has 1 saturated carbocycles. The first-order chi connectivity index (χ1) is 11.9. The van der Waals surface area contributed by atoms with E-state index in [1.807, 2.05) is 44.2 Å². The van der Waals surface area contributed by atoms with E-state index in [0.29, 0.717) is 30.4 Å². The van der Waals surface area contributed by atoms with E-state index in [2.05, 4.69) is 5.32 Å². The fourth-order valence-electron chi connectivity index (χ4n) is 3.69. The van der Waals surface area contributed by atoms with Crippen molar-refractivity contribution in [2.75, 3.05) is 6.61 Å². The van der Waals surface area contributed by atoms with Gasteiger partial charge >= 0.3 is 0 Å². The van der Waals surface area contributed by atoms with Gasteiger partial charge in [0.1, 0.15) is 0 Å². The van der Waals surface area contributed by atoms with E-state index in [4.69, 9.17) is 4.74 Å². The summed E-state index contributed by atoms with van der Waals surface area (Å²) >= 11 is 0. The van der Waals surface area contributed by atoms with Gasteiger partial charge in [-0.25, -0.2) is 0 Å². The van der Waals surface area contributed by atoms with Gasteiger partial charge in [-0.3, -0.25) is 9.59 Å². The van der Waals surface area contributed by atoms with Crippen molar-refractivity contribution in [3.05, 3.63) is 35.9 Å². The average molecular weight is 343 g/mol. The van der Waals surface area contributed by atoms with E-state index in [1.165, 1.54) is 12.8 Å². The lowest BCUT2D eigenvalue weighted by Crippen LogP contribution is -2.43. The molecule has 1 aliphatic carbocycles. The molecule has 136 valence electrons. The molecule has 1 saturated heterocycles. The van der Waals surface area contributed by atoms with Crippen LogP contribution in [0.3, 0.4) is 0 Å². The quantitative estimate of drug-likeness (QED) is 0.767. The van der Waals surface area contributed by atoms with Gasteiger partial charge in [0.2, 0.25) is 5.91 Å². The lowest BCUT2D eigenvalue weighted by atomic mass is 9.82. The smallest absolute Gasteiger partial charge is 0.220 e. The first-order valence-electron chi connectivity index (χ1n) is 9.42. The van der Waals surface area contributed by atoms with Gasteiger partial charge in [0, 0.05) is 31.1 Å². The van der Waals surface area contributed by atoms with Crippen LogP contribution in [-0.2, 0) is 9.53 Å². The van der Waals surface area contributed by atoms with Crippen molar-refractivity contribution >= 4 is 11.7 Å². The maximum Gasteiger partial charge on any atom is 0.220 e. The normalized spacial score (nSPS) is 23.9. The minimum atomic E-state index is -0.349. The summed E-state index contributed by atoms with van der Waals surface area (Å²) < 4.78 is 5.82. The summed E-state index contributed by atoms with van der Waals surface area (Å²) in [5.74, 6) is 0.852. The lowest BCUT2D eigenvalue weighted by molar-refractivity contribution is -0.124. The number of benzene rings is 1. The van der Waals surface area contributed by atoms with E-state index in [9.17, 15) is 9.59 Å². The van der Waals surface area contributed by atoms with Crippen LogP contribution in [0.15, 0.2) is 30.3 Å². The van der Waals surface area contributed by atoms with Crippen LogP contribution < -0.4 is 5.32 Å². The van der Waals surface area contributed by atoms with Crippen molar-refractivity contribution < 1.29 is 14.3 Å². The summed E-state index contributed by atoms with van der Waals surface area (Å²) in [5.41, 5.74) is 0.366. The maximum atomic E-state index is 12.5. The predicted molar refractivity (Wildman–Crippen MR) is 97.4 cm³/mol. The highest BCUT2D eigenvalue weighted by molar-refractivity contribution is 5.96. The van der Waals surface area contributed by atoms with E-state index >= 15 is 0 Å². The van der Waals surface area contributed by atoms with Gasteiger partial charge in [-0.1, -0.05) is 44.2 Å². The number of amides is 1. The Morgan fingerprint density at radius 2 is 1.84 bits per heavy atom. The Labute approximate surface area is 150 Å². The second-order valence-electron chi connectivity index (χ2n) is 8.34. The zero-order valence-corrected chi connectivity index (χ0v) is 15.3. The third kappa shape index (κ3) is 5.40. The lowest BCUT2D eigenvalue weighted by Gasteiger charge is -2.31. The van der Waals surface area contributed by atoms with Crippen LogP contribution in [0.1, 0.15) is 62.7 Å². The van der Waals surface area contributed by atoms with Gasteiger partial charge in [-0.15, -0.1) is 0 Å². The molecule has 0 aromatic heterocycles. The minimum absolute atomic E-state index is 0.0484. The molecule has 0 unspecified atom stereocenters. The molecule has 1 N–H and O–H groups in total. The topological polar surface area (TPSA) is 55.4 Å². The number of nitrogens with one attached hydrogen (secondary N) is 1. The predicted octanol–water partition coefficient (Wildman–Crippen LogP) is 3.75. The Balaban J connectivity index is 1.48. The van der Waals surface area contributed by atoms with Crippen molar-refractivity contribution in [3.63, 3.8) is 0 Å². The molecule has 3 rings (SSSR count). The molecule has 1 aliphatic heterocycles. The van der Waals surface area contributed by atoms with Crippen molar-refractivity contribution in [2.24, 2.45) is 11.3 Å². The van der Waals surface area contributed by atoms with Crippen LogP contribution in [0.25, 0.3) is 0 Å². The Hall–Kier alpha value is -1.68. The van der Waals surface area contributed by atoms with Crippen LogP contribution >= 0.6 is 0 Å². The number of Topliss-reactive ketones (excluding diaryl/α,β-unsaturated/α-hetero) is 1. The molecule has 0 radical (unpaired) electrons. The Morgan fingerprint density at radius 3 is 2.52 bits per heavy atom. The zero-order chi connectivity index (χ0) is 17.9. The molecule has 0 bridgehead atoms. The molecule has 2 fully saturated rings. The molecule has 0 spiro atoms. The number of carbonyl (C=O) groups is 2. The van der Waals surface area contributed by atoms with E-state index in [1.54, 1.807) is 0 Å². The SMILES string of the molecule is CC(C)(CC(=O)N[C@H]1CCO[C@@H](C2CC2)C1)CC(=O)c1ccccc1. The molecule has 2 atom stereocenters. The molecular formula is C21H29NO3. The fourth-order valence-corrected chi connectivity index (χ4v) is 3.69. The van der Waals surface area contributed by atoms with E-state index < -0.39 is 0 Å². The Morgan fingerprint density at radius 1 is 1.12 bits per heavy atom. The monoisotopic (exact) mass is 343 g/mol. The van der Waals surface area contributed by atoms with Gasteiger partial charge in [0.25, 0.3) is 0 Å². The molecule has 2 aliphatic rings. The third-order valence-electron chi connectivity index (χ3n) is 5.20. The molecule has 1 aromatic carbocycles. The second kappa shape index (κ2) is 7.69.